The van der Waals surface area contributed by atoms with Gasteiger partial charge in [-0.15, -0.1) is 0 Å². The van der Waals surface area contributed by atoms with Crippen molar-refractivity contribution < 1.29 is 14.3 Å². The second-order valence-electron chi connectivity index (χ2n) is 4.65. The molecule has 0 saturated carbocycles. The summed E-state index contributed by atoms with van der Waals surface area (Å²) in [6.45, 7) is 3.50. The molecule has 1 saturated heterocycles. The number of rotatable bonds is 4. The number of carbonyl (C=O) groups is 1. The van der Waals surface area contributed by atoms with Gasteiger partial charge in [0.05, 0.1) is 12.3 Å². The van der Waals surface area contributed by atoms with E-state index >= 15 is 0 Å². The van der Waals surface area contributed by atoms with Crippen LogP contribution in [0.2, 0.25) is 0 Å². The molecule has 0 spiro atoms. The smallest absolute Gasteiger partial charge is 0.244 e. The van der Waals surface area contributed by atoms with Crippen LogP contribution >= 0.6 is 0 Å². The third kappa shape index (κ3) is 3.24. The van der Waals surface area contributed by atoms with Gasteiger partial charge in [0.1, 0.15) is 11.3 Å². The number of hydrogen-bond acceptors (Lipinski definition) is 4. The molecule has 0 bridgehead atoms. The zero-order valence-corrected chi connectivity index (χ0v) is 11.1. The molecule has 0 aromatic heterocycles. The van der Waals surface area contributed by atoms with Crippen LogP contribution in [0.5, 0.6) is 5.75 Å². The molecule has 1 fully saturated rings. The maximum Gasteiger partial charge on any atom is 0.244 e. The summed E-state index contributed by atoms with van der Waals surface area (Å²) in [5, 5.41) is 2.86. The van der Waals surface area contributed by atoms with Crippen LogP contribution in [0.4, 0.5) is 5.69 Å². The minimum Gasteiger partial charge on any atom is -0.492 e. The highest BCUT2D eigenvalue weighted by atomic mass is 16.5. The monoisotopic (exact) mass is 264 g/mol. The number of nitrogens with one attached hydrogen (secondary N) is 1. The lowest BCUT2D eigenvalue weighted by Gasteiger charge is -2.31. The van der Waals surface area contributed by atoms with E-state index in [0.29, 0.717) is 44.1 Å². The van der Waals surface area contributed by atoms with Gasteiger partial charge in [-0.2, -0.15) is 0 Å². The molecule has 0 unspecified atom stereocenters. The molecule has 1 aliphatic heterocycles. The molecule has 2 rings (SSSR count). The highest BCUT2D eigenvalue weighted by molar-refractivity contribution is 5.99. The molecule has 0 atom stereocenters. The number of amides is 1. The van der Waals surface area contributed by atoms with Crippen LogP contribution in [0, 0.1) is 0 Å². The van der Waals surface area contributed by atoms with Crippen molar-refractivity contribution >= 4 is 11.6 Å². The van der Waals surface area contributed by atoms with Crippen LogP contribution in [-0.4, -0.2) is 31.3 Å². The number of nitrogens with two attached hydrogens (primary N) is 1. The van der Waals surface area contributed by atoms with Gasteiger partial charge in [-0.1, -0.05) is 12.1 Å². The first-order chi connectivity index (χ1) is 9.15. The van der Waals surface area contributed by atoms with Crippen molar-refractivity contribution in [1.82, 2.24) is 0 Å². The molecular formula is C14H20N2O3. The van der Waals surface area contributed by atoms with Gasteiger partial charge in [0.2, 0.25) is 5.91 Å². The van der Waals surface area contributed by atoms with E-state index in [1.54, 1.807) is 0 Å². The van der Waals surface area contributed by atoms with Gasteiger partial charge in [0, 0.05) is 13.2 Å². The van der Waals surface area contributed by atoms with Gasteiger partial charge < -0.3 is 20.5 Å². The van der Waals surface area contributed by atoms with E-state index in [0.717, 1.165) is 0 Å². The van der Waals surface area contributed by atoms with Crippen LogP contribution in [0.3, 0.4) is 0 Å². The number of anilines is 1. The Morgan fingerprint density at radius 2 is 2.11 bits per heavy atom. The maximum absolute atomic E-state index is 12.3. The molecule has 1 aliphatic rings. The number of benzene rings is 1. The van der Waals surface area contributed by atoms with Crippen molar-refractivity contribution in [3.63, 3.8) is 0 Å². The lowest BCUT2D eigenvalue weighted by atomic mass is 9.90. The quantitative estimate of drug-likeness (QED) is 0.865. The van der Waals surface area contributed by atoms with E-state index in [1.807, 2.05) is 31.2 Å². The predicted octanol–water partition coefficient (Wildman–Crippen LogP) is 1.53. The zero-order valence-electron chi connectivity index (χ0n) is 11.1. The van der Waals surface area contributed by atoms with Crippen LogP contribution in [0.1, 0.15) is 19.8 Å². The Hall–Kier alpha value is -1.59. The fourth-order valence-corrected chi connectivity index (χ4v) is 2.06. The van der Waals surface area contributed by atoms with Crippen LogP contribution in [0.25, 0.3) is 0 Å². The Labute approximate surface area is 113 Å². The van der Waals surface area contributed by atoms with Gasteiger partial charge >= 0.3 is 0 Å². The number of para-hydroxylation sites is 2. The Morgan fingerprint density at radius 3 is 2.79 bits per heavy atom. The first-order valence-electron chi connectivity index (χ1n) is 6.55. The van der Waals surface area contributed by atoms with Crippen molar-refractivity contribution in [3.8, 4) is 5.75 Å². The second-order valence-corrected chi connectivity index (χ2v) is 4.65. The molecule has 3 N–H and O–H groups in total. The normalized spacial score (nSPS) is 17.8. The van der Waals surface area contributed by atoms with Crippen molar-refractivity contribution in [2.24, 2.45) is 5.73 Å². The topological polar surface area (TPSA) is 73.6 Å². The van der Waals surface area contributed by atoms with Crippen LogP contribution in [0.15, 0.2) is 24.3 Å². The largest absolute Gasteiger partial charge is 0.492 e. The molecule has 1 aromatic rings. The first-order valence-corrected chi connectivity index (χ1v) is 6.55. The highest BCUT2D eigenvalue weighted by Crippen LogP contribution is 2.26. The van der Waals surface area contributed by atoms with Gasteiger partial charge in [0.25, 0.3) is 0 Å². The Bertz CT molecular complexity index is 442. The number of ether oxygens (including phenoxy) is 2. The average Bonchev–Trinajstić information content (AvgIpc) is 2.42. The fourth-order valence-electron chi connectivity index (χ4n) is 2.06. The van der Waals surface area contributed by atoms with E-state index in [-0.39, 0.29) is 5.91 Å². The zero-order chi connectivity index (χ0) is 13.7. The fraction of sp³-hybridized carbons (Fsp3) is 0.500. The van der Waals surface area contributed by atoms with Crippen molar-refractivity contribution in [2.75, 3.05) is 25.1 Å². The molecule has 1 amide bonds. The standard InChI is InChI=1S/C14H20N2O3/c1-2-19-12-6-4-3-5-11(12)16-13(17)14(15)7-9-18-10-8-14/h3-6H,2,7-10,15H2,1H3,(H,16,17). The summed E-state index contributed by atoms with van der Waals surface area (Å²) in [6.07, 6.45) is 1.07. The third-order valence-electron chi connectivity index (χ3n) is 3.27. The molecule has 0 radical (unpaired) electrons. The van der Waals surface area contributed by atoms with E-state index < -0.39 is 5.54 Å². The second kappa shape index (κ2) is 6.04. The van der Waals surface area contributed by atoms with Crippen LogP contribution in [-0.2, 0) is 9.53 Å². The minimum absolute atomic E-state index is 0.178. The molecule has 1 heterocycles. The number of carbonyl (C=O) groups excluding carboxylic acids is 1. The first kappa shape index (κ1) is 13.8. The summed E-state index contributed by atoms with van der Waals surface area (Å²) in [7, 11) is 0. The third-order valence-corrected chi connectivity index (χ3v) is 3.27. The minimum atomic E-state index is -0.850. The molecule has 1 aromatic carbocycles. The molecule has 104 valence electrons. The molecule has 0 aliphatic carbocycles. The number of hydrogen-bond donors (Lipinski definition) is 2. The summed E-state index contributed by atoms with van der Waals surface area (Å²) in [4.78, 5) is 12.3. The molecular weight excluding hydrogens is 244 g/mol. The van der Waals surface area contributed by atoms with E-state index in [4.69, 9.17) is 15.2 Å². The van der Waals surface area contributed by atoms with Gasteiger partial charge in [-0.3, -0.25) is 4.79 Å². The highest BCUT2D eigenvalue weighted by Gasteiger charge is 2.36. The lowest BCUT2D eigenvalue weighted by molar-refractivity contribution is -0.124. The summed E-state index contributed by atoms with van der Waals surface area (Å²) < 4.78 is 10.7. The Balaban J connectivity index is 2.10. The molecule has 19 heavy (non-hydrogen) atoms. The summed E-state index contributed by atoms with van der Waals surface area (Å²) in [5.41, 5.74) is 5.95. The van der Waals surface area contributed by atoms with Gasteiger partial charge in [-0.25, -0.2) is 0 Å². The summed E-state index contributed by atoms with van der Waals surface area (Å²) in [5.74, 6) is 0.483. The maximum atomic E-state index is 12.3. The van der Waals surface area contributed by atoms with E-state index in [9.17, 15) is 4.79 Å². The van der Waals surface area contributed by atoms with Gasteiger partial charge in [0.15, 0.2) is 0 Å². The average molecular weight is 264 g/mol. The predicted molar refractivity (Wildman–Crippen MR) is 73.2 cm³/mol. The van der Waals surface area contributed by atoms with Crippen molar-refractivity contribution in [2.45, 2.75) is 25.3 Å². The molecule has 5 nitrogen and oxygen atoms in total. The van der Waals surface area contributed by atoms with E-state index in [1.165, 1.54) is 0 Å². The SMILES string of the molecule is CCOc1ccccc1NC(=O)C1(N)CCOCC1. The summed E-state index contributed by atoms with van der Waals surface area (Å²) in [6, 6.07) is 7.36. The van der Waals surface area contributed by atoms with Gasteiger partial charge in [-0.05, 0) is 31.9 Å². The Kier molecular flexibility index (Phi) is 4.39. The van der Waals surface area contributed by atoms with E-state index in [2.05, 4.69) is 5.32 Å². The lowest BCUT2D eigenvalue weighted by Crippen LogP contribution is -2.54. The molecule has 5 heteroatoms. The van der Waals surface area contributed by atoms with Crippen LogP contribution < -0.4 is 15.8 Å². The van der Waals surface area contributed by atoms with Crippen molar-refractivity contribution in [1.29, 1.82) is 0 Å². The van der Waals surface area contributed by atoms with Crippen molar-refractivity contribution in [3.05, 3.63) is 24.3 Å². The summed E-state index contributed by atoms with van der Waals surface area (Å²) >= 11 is 0. The Morgan fingerprint density at radius 1 is 1.42 bits per heavy atom.